The van der Waals surface area contributed by atoms with E-state index in [9.17, 15) is 0 Å². The summed E-state index contributed by atoms with van der Waals surface area (Å²) in [5.41, 5.74) is 20.8. The predicted molar refractivity (Wildman–Crippen MR) is 308 cm³/mol. The molecule has 6 heterocycles. The van der Waals surface area contributed by atoms with Crippen LogP contribution in [0.2, 0.25) is 0 Å². The van der Waals surface area contributed by atoms with Crippen molar-refractivity contribution >= 4 is 74.3 Å². The second-order valence-electron chi connectivity index (χ2n) is 21.2. The van der Waals surface area contributed by atoms with Crippen molar-refractivity contribution in [1.29, 1.82) is 0 Å². The summed E-state index contributed by atoms with van der Waals surface area (Å²) in [6.07, 6.45) is 0. The Balaban J connectivity index is 0.887. The first kappa shape index (κ1) is 44.2. The number of fused-ring (bicyclic) bond motifs is 13. The molecule has 0 saturated carbocycles. The Labute approximate surface area is 455 Å². The smallest absolute Gasteiger partial charge is 0.252 e. The molecule has 0 amide bonds. The number of ether oxygens (including phenoxy) is 8. The van der Waals surface area contributed by atoms with Crippen LogP contribution in [0.4, 0.5) is 51.2 Å². The van der Waals surface area contributed by atoms with Crippen molar-refractivity contribution in [2.45, 2.75) is 19.3 Å². The number of hydrogen-bond donors (Lipinski definition) is 0. The molecule has 0 saturated heterocycles. The van der Waals surface area contributed by atoms with Crippen molar-refractivity contribution in [2.24, 2.45) is 0 Å². The van der Waals surface area contributed by atoms with Gasteiger partial charge in [0.05, 0.1) is 22.7 Å². The molecule has 0 radical (unpaired) electrons. The Morgan fingerprint density at radius 1 is 0.367 bits per heavy atom. The maximum atomic E-state index is 6.51. The Hall–Kier alpha value is -9.94. The van der Waals surface area contributed by atoms with Crippen LogP contribution in [0.3, 0.4) is 0 Å². The second-order valence-corrected chi connectivity index (χ2v) is 21.2. The van der Waals surface area contributed by atoms with Gasteiger partial charge in [0.1, 0.15) is 0 Å². The van der Waals surface area contributed by atoms with Gasteiger partial charge in [-0.3, -0.25) is 0 Å². The monoisotopic (exact) mass is 1030 g/mol. The molecule has 10 aromatic carbocycles. The molecule has 0 unspecified atom stereocenters. The van der Waals surface area contributed by atoms with Gasteiger partial charge in [-0.25, -0.2) is 0 Å². The Bertz CT molecular complexity index is 4080. The minimum absolute atomic E-state index is 0.0938. The summed E-state index contributed by atoms with van der Waals surface area (Å²) in [4.78, 5) is 6.93. The highest BCUT2D eigenvalue weighted by atomic mass is 16.7. The largest absolute Gasteiger partial charge is 0.454 e. The fourth-order valence-corrected chi connectivity index (χ4v) is 13.2. The first-order valence-corrected chi connectivity index (χ1v) is 26.7. The Morgan fingerprint density at radius 2 is 0.835 bits per heavy atom. The Kier molecular flexibility index (Phi) is 9.26. The lowest BCUT2D eigenvalue weighted by Gasteiger charge is -2.44. The van der Waals surface area contributed by atoms with Crippen LogP contribution in [0.1, 0.15) is 25.0 Å². The van der Waals surface area contributed by atoms with Crippen molar-refractivity contribution in [3.63, 3.8) is 0 Å². The van der Waals surface area contributed by atoms with E-state index in [1.807, 2.05) is 36.4 Å². The minimum Gasteiger partial charge on any atom is -0.454 e. The minimum atomic E-state index is -0.294. The average Bonchev–Trinajstić information content (AvgIpc) is 4.43. The predicted octanol–water partition coefficient (Wildman–Crippen LogP) is 13.8. The van der Waals surface area contributed by atoms with Gasteiger partial charge in [0.15, 0.2) is 46.0 Å². The number of benzene rings is 10. The maximum Gasteiger partial charge on any atom is 0.252 e. The van der Waals surface area contributed by atoms with Gasteiger partial charge in [-0.2, -0.15) is 0 Å². The topological polar surface area (TPSA) is 83.6 Å². The first-order valence-electron chi connectivity index (χ1n) is 26.7. The molecule has 0 N–H and O–H groups in total. The van der Waals surface area contributed by atoms with Gasteiger partial charge >= 0.3 is 0 Å². The van der Waals surface area contributed by atoms with E-state index < -0.39 is 0 Å². The van der Waals surface area contributed by atoms with E-state index in [-0.39, 0.29) is 39.3 Å². The van der Waals surface area contributed by atoms with Crippen molar-refractivity contribution in [3.05, 3.63) is 205 Å². The van der Waals surface area contributed by atoms with Crippen LogP contribution in [0.15, 0.2) is 194 Å². The van der Waals surface area contributed by atoms with E-state index in [4.69, 9.17) is 37.9 Å². The van der Waals surface area contributed by atoms with E-state index in [0.29, 0.717) is 46.0 Å². The van der Waals surface area contributed by atoms with E-state index in [2.05, 4.69) is 186 Å². The van der Waals surface area contributed by atoms with Crippen LogP contribution in [-0.4, -0.2) is 33.9 Å². The van der Waals surface area contributed by atoms with Gasteiger partial charge in [-0.15, -0.1) is 0 Å². The van der Waals surface area contributed by atoms with Gasteiger partial charge in [-0.1, -0.05) is 123 Å². The third kappa shape index (κ3) is 6.36. The Morgan fingerprint density at radius 3 is 1.41 bits per heavy atom. The molecule has 6 aliphatic heterocycles. The van der Waals surface area contributed by atoms with Gasteiger partial charge in [-0.05, 0) is 146 Å². The van der Waals surface area contributed by atoms with E-state index in [1.54, 1.807) is 0 Å². The molecular formula is C67H46BN3O8. The van der Waals surface area contributed by atoms with Crippen molar-refractivity contribution in [3.8, 4) is 79.4 Å². The molecule has 7 aliphatic rings. The summed E-state index contributed by atoms with van der Waals surface area (Å²) in [6, 6.07) is 69.2. The summed E-state index contributed by atoms with van der Waals surface area (Å²) >= 11 is 0. The van der Waals surface area contributed by atoms with Crippen LogP contribution in [0, 0.1) is 0 Å². The molecule has 17 rings (SSSR count). The highest BCUT2D eigenvalue weighted by molar-refractivity contribution is 7.00. The number of rotatable bonds is 7. The fraction of sp³-hybridized carbons (Fsp3) is 0.104. The van der Waals surface area contributed by atoms with E-state index >= 15 is 0 Å². The van der Waals surface area contributed by atoms with Crippen LogP contribution in [0.25, 0.3) is 33.4 Å². The highest BCUT2D eigenvalue weighted by Crippen LogP contribution is 2.58. The number of para-hydroxylation sites is 2. The highest BCUT2D eigenvalue weighted by Gasteiger charge is 2.49. The molecule has 79 heavy (non-hydrogen) atoms. The average molecular weight is 1030 g/mol. The maximum absolute atomic E-state index is 6.51. The van der Waals surface area contributed by atoms with Gasteiger partial charge in [0.25, 0.3) is 6.71 Å². The third-order valence-electron chi connectivity index (χ3n) is 16.8. The summed E-state index contributed by atoms with van der Waals surface area (Å²) in [5, 5.41) is 0. The van der Waals surface area contributed by atoms with Gasteiger partial charge in [0, 0.05) is 33.9 Å². The molecule has 1 aliphatic carbocycles. The van der Waals surface area contributed by atoms with Crippen molar-refractivity contribution < 1.29 is 37.9 Å². The fourth-order valence-electron chi connectivity index (χ4n) is 13.2. The number of nitrogens with zero attached hydrogens (tertiary/aromatic N) is 3. The normalized spacial score (nSPS) is 15.3. The van der Waals surface area contributed by atoms with Gasteiger partial charge in [0.2, 0.25) is 27.2 Å². The second kappa shape index (κ2) is 16.5. The lowest BCUT2D eigenvalue weighted by molar-refractivity contribution is 0.173. The molecular weight excluding hydrogens is 986 g/mol. The molecule has 11 nitrogen and oxygen atoms in total. The van der Waals surface area contributed by atoms with Crippen molar-refractivity contribution in [1.82, 2.24) is 0 Å². The molecule has 12 heteroatoms. The standard InChI is InChI=1S/C67H46BN3O8/c1-67(2)48-13-7-6-12-46(48)47-27-26-45(34-49(47)67)69(43-22-18-40(19-23-43)39-10-4-3-5-11-39)44-24-20-41(21-25-44)42-32-54-60-55(33-42)71(53-15-9-17-57-64(53)77-36-73-57)62-51(29-31-59-66(62)79-38-75-59)68(60)50-28-30-58-65(78-37-74-58)61(50)70(54)52-14-8-16-56-63(52)76-35-72-56/h3-34H,35-38H2,1-2H3. The summed E-state index contributed by atoms with van der Waals surface area (Å²) < 4.78 is 50.2. The molecule has 10 aromatic rings. The van der Waals surface area contributed by atoms with E-state index in [0.717, 1.165) is 84.3 Å². The molecule has 0 atom stereocenters. The molecule has 0 aromatic heterocycles. The van der Waals surface area contributed by atoms with Crippen LogP contribution < -0.4 is 69.0 Å². The first-order chi connectivity index (χ1) is 38.9. The third-order valence-corrected chi connectivity index (χ3v) is 16.8. The zero-order chi connectivity index (χ0) is 52.1. The molecule has 380 valence electrons. The lowest BCUT2D eigenvalue weighted by atomic mass is 9.33. The quantitative estimate of drug-likeness (QED) is 0.143. The van der Waals surface area contributed by atoms with Crippen LogP contribution in [-0.2, 0) is 5.41 Å². The molecule has 0 fully saturated rings. The number of hydrogen-bond acceptors (Lipinski definition) is 11. The van der Waals surface area contributed by atoms with Crippen LogP contribution in [0.5, 0.6) is 46.0 Å². The molecule has 0 bridgehead atoms. The van der Waals surface area contributed by atoms with E-state index in [1.165, 1.54) is 27.8 Å². The van der Waals surface area contributed by atoms with Crippen LogP contribution >= 0.6 is 0 Å². The van der Waals surface area contributed by atoms with Crippen molar-refractivity contribution in [2.75, 3.05) is 41.9 Å². The summed E-state index contributed by atoms with van der Waals surface area (Å²) in [7, 11) is 0. The molecule has 0 spiro atoms. The number of anilines is 9. The lowest BCUT2D eigenvalue weighted by Crippen LogP contribution is -2.61. The summed E-state index contributed by atoms with van der Waals surface area (Å²) in [6.45, 7) is 4.78. The van der Waals surface area contributed by atoms with Gasteiger partial charge < -0.3 is 52.6 Å². The summed E-state index contributed by atoms with van der Waals surface area (Å²) in [5.74, 6) is 5.26. The SMILES string of the molecule is CC1(C)c2ccccc2-c2ccc(N(c3ccc(-c4ccccc4)cc3)c3ccc(-c4cc5c6c(c4)N(c4cccc7c4OCO7)c4c(ccc7c4OCO7)B6c4ccc6c(c4N5c4cccc5c4OCO5)OCO6)cc3)cc21. The zero-order valence-electron chi connectivity index (χ0n) is 43.0. The zero-order valence-corrected chi connectivity index (χ0v) is 43.0.